The molecule has 0 N–H and O–H groups in total. The van der Waals surface area contributed by atoms with E-state index in [0.29, 0.717) is 6.61 Å². The summed E-state index contributed by atoms with van der Waals surface area (Å²) in [7, 11) is -0.234. The molecule has 1 aliphatic heterocycles. The number of carbonyl (C=O) groups excluding carboxylic acids is 1. The van der Waals surface area contributed by atoms with Crippen LogP contribution in [0.2, 0.25) is 0 Å². The van der Waals surface area contributed by atoms with E-state index in [9.17, 15) is 4.79 Å². The summed E-state index contributed by atoms with van der Waals surface area (Å²) < 4.78 is 17.4. The van der Waals surface area contributed by atoms with Gasteiger partial charge in [-0.25, -0.2) is 0 Å². The van der Waals surface area contributed by atoms with Gasteiger partial charge in [-0.1, -0.05) is 6.08 Å². The average Bonchev–Trinajstić information content (AvgIpc) is 3.06. The van der Waals surface area contributed by atoms with Crippen molar-refractivity contribution in [2.45, 2.75) is 71.5 Å². The molecule has 0 aromatic carbocycles. The van der Waals surface area contributed by atoms with E-state index >= 15 is 0 Å². The van der Waals surface area contributed by atoms with Gasteiger partial charge in [0.15, 0.2) is 0 Å². The lowest BCUT2D eigenvalue weighted by atomic mass is 9.69. The van der Waals surface area contributed by atoms with Gasteiger partial charge in [-0.05, 0) is 71.2 Å². The molecule has 2 fully saturated rings. The highest BCUT2D eigenvalue weighted by Crippen LogP contribution is 2.61. The number of rotatable bonds is 3. The van der Waals surface area contributed by atoms with E-state index in [-0.39, 0.29) is 35.6 Å². The Kier molecular flexibility index (Phi) is 3.72. The molecule has 4 nitrogen and oxygen atoms in total. The van der Waals surface area contributed by atoms with Gasteiger partial charge in [0.1, 0.15) is 0 Å². The molecule has 0 aromatic heterocycles. The van der Waals surface area contributed by atoms with Crippen molar-refractivity contribution in [3.63, 3.8) is 0 Å². The van der Waals surface area contributed by atoms with Crippen LogP contribution in [0.25, 0.3) is 0 Å². The minimum Gasteiger partial charge on any atom is -0.466 e. The Morgan fingerprint density at radius 1 is 1.32 bits per heavy atom. The van der Waals surface area contributed by atoms with Crippen molar-refractivity contribution in [3.8, 4) is 0 Å². The van der Waals surface area contributed by atoms with Gasteiger partial charge in [-0.15, -0.1) is 0 Å². The van der Waals surface area contributed by atoms with Crippen LogP contribution in [-0.4, -0.2) is 30.9 Å². The van der Waals surface area contributed by atoms with Crippen molar-refractivity contribution in [2.75, 3.05) is 6.61 Å². The molecule has 2 aliphatic carbocycles. The van der Waals surface area contributed by atoms with E-state index in [4.69, 9.17) is 14.0 Å². The summed E-state index contributed by atoms with van der Waals surface area (Å²) in [4.78, 5) is 11.9. The SMILES string of the molecule is CCOC(=O)C1CC12CC=C(B1OC(C)(C)C(C)(C)O1)CC2. The van der Waals surface area contributed by atoms with Gasteiger partial charge in [0.2, 0.25) is 0 Å². The maximum atomic E-state index is 11.9. The quantitative estimate of drug-likeness (QED) is 0.593. The second-order valence-electron chi connectivity index (χ2n) is 7.94. The maximum absolute atomic E-state index is 11.9. The third-order valence-electron chi connectivity index (χ3n) is 6.00. The average molecular weight is 306 g/mol. The van der Waals surface area contributed by atoms with E-state index in [0.717, 1.165) is 25.7 Å². The van der Waals surface area contributed by atoms with Crippen LogP contribution in [0.5, 0.6) is 0 Å². The second kappa shape index (κ2) is 5.10. The highest BCUT2D eigenvalue weighted by atomic mass is 16.7. The van der Waals surface area contributed by atoms with Crippen molar-refractivity contribution in [3.05, 3.63) is 11.5 Å². The smallest absolute Gasteiger partial charge is 0.466 e. The molecule has 1 saturated heterocycles. The topological polar surface area (TPSA) is 44.8 Å². The van der Waals surface area contributed by atoms with Gasteiger partial charge in [-0.3, -0.25) is 4.79 Å². The zero-order valence-electron chi connectivity index (χ0n) is 14.4. The van der Waals surface area contributed by atoms with Gasteiger partial charge in [0, 0.05) is 0 Å². The van der Waals surface area contributed by atoms with Crippen LogP contribution < -0.4 is 0 Å². The van der Waals surface area contributed by atoms with E-state index in [1.807, 2.05) is 6.92 Å². The van der Waals surface area contributed by atoms with Crippen molar-refractivity contribution >= 4 is 13.1 Å². The van der Waals surface area contributed by atoms with E-state index in [1.165, 1.54) is 5.47 Å². The molecule has 1 saturated carbocycles. The standard InChI is InChI=1S/C17H27BO4/c1-6-20-14(19)13-11-17(13)9-7-12(8-10-17)18-21-15(2,3)16(4,5)22-18/h7,13H,6,8-11H2,1-5H3. The Morgan fingerprint density at radius 2 is 1.95 bits per heavy atom. The normalized spacial score (nSPS) is 35.4. The molecule has 22 heavy (non-hydrogen) atoms. The van der Waals surface area contributed by atoms with E-state index in [2.05, 4.69) is 33.8 Å². The lowest BCUT2D eigenvalue weighted by molar-refractivity contribution is -0.145. The van der Waals surface area contributed by atoms with Gasteiger partial charge in [-0.2, -0.15) is 0 Å². The van der Waals surface area contributed by atoms with E-state index < -0.39 is 0 Å². The lowest BCUT2D eigenvalue weighted by Crippen LogP contribution is -2.41. The lowest BCUT2D eigenvalue weighted by Gasteiger charge is -2.32. The van der Waals surface area contributed by atoms with E-state index in [1.54, 1.807) is 0 Å². The zero-order chi connectivity index (χ0) is 16.2. The molecule has 3 rings (SSSR count). The number of carbonyl (C=O) groups is 1. The van der Waals surface area contributed by atoms with Crippen LogP contribution in [0.15, 0.2) is 11.5 Å². The predicted octanol–water partition coefficient (Wildman–Crippen LogP) is 3.30. The van der Waals surface area contributed by atoms with Crippen LogP contribution in [0.1, 0.15) is 60.3 Å². The number of allylic oxidation sites excluding steroid dienone is 2. The first-order valence-electron chi connectivity index (χ1n) is 8.42. The summed E-state index contributed by atoms with van der Waals surface area (Å²) in [5.74, 6) is 0.0820. The van der Waals surface area contributed by atoms with Gasteiger partial charge < -0.3 is 14.0 Å². The molecule has 5 heteroatoms. The highest BCUT2D eigenvalue weighted by Gasteiger charge is 2.60. The first-order valence-corrected chi connectivity index (χ1v) is 8.42. The summed E-state index contributed by atoms with van der Waals surface area (Å²) in [6, 6.07) is 0. The van der Waals surface area contributed by atoms with Crippen LogP contribution >= 0.6 is 0 Å². The largest absolute Gasteiger partial charge is 0.490 e. The number of hydrogen-bond donors (Lipinski definition) is 0. The molecule has 3 aliphatic rings. The van der Waals surface area contributed by atoms with Crippen molar-refractivity contribution in [1.82, 2.24) is 0 Å². The van der Waals surface area contributed by atoms with Crippen molar-refractivity contribution in [1.29, 1.82) is 0 Å². The molecule has 122 valence electrons. The summed E-state index contributed by atoms with van der Waals surface area (Å²) in [5, 5.41) is 0. The molecular formula is C17H27BO4. The Labute approximate surface area is 133 Å². The summed E-state index contributed by atoms with van der Waals surface area (Å²) >= 11 is 0. The number of esters is 1. The molecule has 2 unspecified atom stereocenters. The molecule has 1 heterocycles. The Hall–Kier alpha value is -0.805. The summed E-state index contributed by atoms with van der Waals surface area (Å²) in [6.07, 6.45) is 6.14. The summed E-state index contributed by atoms with van der Waals surface area (Å²) in [5.41, 5.74) is 0.805. The number of hydrogen-bond acceptors (Lipinski definition) is 4. The van der Waals surface area contributed by atoms with Crippen LogP contribution in [0.4, 0.5) is 0 Å². The minimum absolute atomic E-state index is 0.0185. The molecule has 0 amide bonds. The van der Waals surface area contributed by atoms with Crippen LogP contribution in [0.3, 0.4) is 0 Å². The third-order valence-corrected chi connectivity index (χ3v) is 6.00. The van der Waals surface area contributed by atoms with Gasteiger partial charge >= 0.3 is 13.1 Å². The van der Waals surface area contributed by atoms with Crippen LogP contribution in [0, 0.1) is 11.3 Å². The van der Waals surface area contributed by atoms with Gasteiger partial charge in [0.05, 0.1) is 23.7 Å². The zero-order valence-corrected chi connectivity index (χ0v) is 14.4. The van der Waals surface area contributed by atoms with Crippen molar-refractivity contribution in [2.24, 2.45) is 11.3 Å². The minimum atomic E-state index is -0.291. The second-order valence-corrected chi connectivity index (χ2v) is 7.94. The molecule has 2 atom stereocenters. The van der Waals surface area contributed by atoms with Gasteiger partial charge in [0.25, 0.3) is 0 Å². The fourth-order valence-electron chi connectivity index (χ4n) is 3.57. The molecule has 1 spiro atoms. The molecule has 0 radical (unpaired) electrons. The predicted molar refractivity (Wildman–Crippen MR) is 85.2 cm³/mol. The van der Waals surface area contributed by atoms with Crippen molar-refractivity contribution < 1.29 is 18.8 Å². The maximum Gasteiger partial charge on any atom is 0.490 e. The highest BCUT2D eigenvalue weighted by molar-refractivity contribution is 6.54. The molecule has 0 bridgehead atoms. The molecule has 0 aromatic rings. The summed E-state index contributed by atoms with van der Waals surface area (Å²) in [6.45, 7) is 10.7. The Bertz CT molecular complexity index is 495. The third kappa shape index (κ3) is 2.52. The fourth-order valence-corrected chi connectivity index (χ4v) is 3.57. The van der Waals surface area contributed by atoms with Crippen LogP contribution in [-0.2, 0) is 18.8 Å². The first-order chi connectivity index (χ1) is 10.2. The monoisotopic (exact) mass is 306 g/mol. The Morgan fingerprint density at radius 3 is 2.45 bits per heavy atom. The number of ether oxygens (including phenoxy) is 1. The fraction of sp³-hybridized carbons (Fsp3) is 0.824. The first kappa shape index (κ1) is 16.1. The molecular weight excluding hydrogens is 279 g/mol. The Balaban J connectivity index is 1.63.